The quantitative estimate of drug-likeness (QED) is 0.679. The van der Waals surface area contributed by atoms with Gasteiger partial charge in [-0.3, -0.25) is 0 Å². The lowest BCUT2D eigenvalue weighted by molar-refractivity contribution is 0.409. The van der Waals surface area contributed by atoms with Gasteiger partial charge in [-0.05, 0) is 52.5 Å². The van der Waals surface area contributed by atoms with E-state index in [9.17, 15) is 0 Å². The zero-order valence-corrected chi connectivity index (χ0v) is 13.4. The lowest BCUT2D eigenvalue weighted by atomic mass is 10.1. The van der Waals surface area contributed by atoms with E-state index in [1.807, 2.05) is 18.2 Å². The Bertz CT molecular complexity index is 519. The first-order valence-electron chi connectivity index (χ1n) is 5.63. The van der Waals surface area contributed by atoms with Crippen molar-refractivity contribution in [2.75, 3.05) is 7.11 Å². The van der Waals surface area contributed by atoms with E-state index in [0.717, 1.165) is 21.5 Å². The number of ether oxygens (including phenoxy) is 1. The maximum atomic E-state index is 6.49. The molecule has 0 N–H and O–H groups in total. The summed E-state index contributed by atoms with van der Waals surface area (Å²) < 4.78 is 6.50. The van der Waals surface area contributed by atoms with Crippen molar-refractivity contribution in [2.24, 2.45) is 0 Å². The minimum atomic E-state index is -0.0173. The molecule has 2 rings (SSSR count). The Morgan fingerprint density at radius 3 is 2.72 bits per heavy atom. The molecule has 96 valence electrons. The van der Waals surface area contributed by atoms with Gasteiger partial charge in [-0.25, -0.2) is 0 Å². The van der Waals surface area contributed by atoms with Crippen molar-refractivity contribution >= 4 is 38.9 Å². The van der Waals surface area contributed by atoms with Crippen LogP contribution in [0.25, 0.3) is 0 Å². The molecule has 0 fully saturated rings. The predicted octanol–water partition coefficient (Wildman–Crippen LogP) is 5.35. The van der Waals surface area contributed by atoms with Crippen LogP contribution in [0.5, 0.6) is 5.75 Å². The third-order valence-electron chi connectivity index (χ3n) is 2.78. The molecule has 18 heavy (non-hydrogen) atoms. The molecule has 0 bridgehead atoms. The highest BCUT2D eigenvalue weighted by atomic mass is 79.9. The van der Waals surface area contributed by atoms with Crippen molar-refractivity contribution in [3.8, 4) is 5.75 Å². The molecule has 0 aliphatic heterocycles. The normalized spacial score (nSPS) is 12.4. The molecule has 0 saturated heterocycles. The monoisotopic (exact) mass is 344 g/mol. The van der Waals surface area contributed by atoms with E-state index in [2.05, 4.69) is 35.0 Å². The first-order chi connectivity index (χ1) is 8.61. The number of hydrogen-bond donors (Lipinski definition) is 0. The van der Waals surface area contributed by atoms with Gasteiger partial charge in [-0.1, -0.05) is 18.2 Å². The number of aryl methyl sites for hydroxylation is 1. The Labute approximate surface area is 125 Å². The third-order valence-corrected chi connectivity index (χ3v) is 5.55. The van der Waals surface area contributed by atoms with Crippen molar-refractivity contribution in [3.63, 3.8) is 0 Å². The second-order valence-electron chi connectivity index (χ2n) is 4.09. The lowest BCUT2D eigenvalue weighted by Gasteiger charge is -2.11. The van der Waals surface area contributed by atoms with Crippen LogP contribution in [0.15, 0.2) is 34.1 Å². The van der Waals surface area contributed by atoms with Gasteiger partial charge >= 0.3 is 0 Å². The highest BCUT2D eigenvalue weighted by Crippen LogP contribution is 2.37. The first-order valence-corrected chi connectivity index (χ1v) is 7.68. The van der Waals surface area contributed by atoms with Gasteiger partial charge in [0.1, 0.15) is 5.75 Å². The summed E-state index contributed by atoms with van der Waals surface area (Å²) in [5.74, 6) is 0.899. The fraction of sp³-hybridized carbons (Fsp3) is 0.286. The molecule has 1 heterocycles. The SMILES string of the molecule is COc1ccccc1CC(Cl)c1cc(C)c(Br)s1. The fourth-order valence-electron chi connectivity index (χ4n) is 1.80. The summed E-state index contributed by atoms with van der Waals surface area (Å²) in [6.07, 6.45) is 0.776. The molecule has 0 amide bonds. The van der Waals surface area contributed by atoms with Crippen LogP contribution in [0.3, 0.4) is 0 Å². The van der Waals surface area contributed by atoms with Gasteiger partial charge < -0.3 is 4.74 Å². The van der Waals surface area contributed by atoms with E-state index >= 15 is 0 Å². The van der Waals surface area contributed by atoms with Crippen molar-refractivity contribution < 1.29 is 4.74 Å². The fourth-order valence-corrected chi connectivity index (χ4v) is 3.72. The molecular weight excluding hydrogens is 332 g/mol. The molecule has 1 aromatic heterocycles. The second kappa shape index (κ2) is 6.09. The van der Waals surface area contributed by atoms with Gasteiger partial charge in [0.2, 0.25) is 0 Å². The Hall–Kier alpha value is -0.510. The van der Waals surface area contributed by atoms with Gasteiger partial charge in [-0.2, -0.15) is 0 Å². The zero-order chi connectivity index (χ0) is 13.1. The van der Waals surface area contributed by atoms with Gasteiger partial charge in [0.05, 0.1) is 16.3 Å². The standard InChI is InChI=1S/C14H14BrClOS/c1-9-7-13(18-14(9)15)11(16)8-10-5-3-4-6-12(10)17-2/h3-7,11H,8H2,1-2H3. The Balaban J connectivity index is 2.18. The van der Waals surface area contributed by atoms with Crippen LogP contribution < -0.4 is 4.74 Å². The van der Waals surface area contributed by atoms with Crippen molar-refractivity contribution in [1.29, 1.82) is 0 Å². The number of thiophene rings is 1. The second-order valence-corrected chi connectivity index (χ2v) is 7.02. The smallest absolute Gasteiger partial charge is 0.122 e. The molecule has 1 nitrogen and oxygen atoms in total. The maximum absolute atomic E-state index is 6.49. The highest BCUT2D eigenvalue weighted by molar-refractivity contribution is 9.11. The molecule has 4 heteroatoms. The summed E-state index contributed by atoms with van der Waals surface area (Å²) in [5, 5.41) is -0.0173. The highest BCUT2D eigenvalue weighted by Gasteiger charge is 2.15. The molecule has 0 aliphatic rings. The Morgan fingerprint density at radius 2 is 2.11 bits per heavy atom. The number of halogens is 2. The van der Waals surface area contributed by atoms with Crippen molar-refractivity contribution in [3.05, 3.63) is 50.1 Å². The summed E-state index contributed by atoms with van der Waals surface area (Å²) in [7, 11) is 1.69. The average molecular weight is 346 g/mol. The summed E-state index contributed by atoms with van der Waals surface area (Å²) in [4.78, 5) is 1.19. The third kappa shape index (κ3) is 3.08. The van der Waals surface area contributed by atoms with E-state index in [1.54, 1.807) is 18.4 Å². The van der Waals surface area contributed by atoms with E-state index < -0.39 is 0 Å². The molecule has 0 radical (unpaired) electrons. The molecule has 1 aromatic carbocycles. The van der Waals surface area contributed by atoms with Gasteiger partial charge in [-0.15, -0.1) is 22.9 Å². The lowest BCUT2D eigenvalue weighted by Crippen LogP contribution is -1.96. The largest absolute Gasteiger partial charge is 0.496 e. The molecule has 2 aromatic rings. The molecule has 0 saturated carbocycles. The van der Waals surface area contributed by atoms with Gasteiger partial charge in [0, 0.05) is 4.88 Å². The van der Waals surface area contributed by atoms with E-state index in [4.69, 9.17) is 16.3 Å². The number of methoxy groups -OCH3 is 1. The Kier molecular flexibility index (Phi) is 4.71. The summed E-state index contributed by atoms with van der Waals surface area (Å²) in [5.41, 5.74) is 2.38. The summed E-state index contributed by atoms with van der Waals surface area (Å²) >= 11 is 11.7. The van der Waals surface area contributed by atoms with Crippen LogP contribution in [0, 0.1) is 6.92 Å². The van der Waals surface area contributed by atoms with Crippen LogP contribution in [-0.4, -0.2) is 7.11 Å². The number of hydrogen-bond acceptors (Lipinski definition) is 2. The first kappa shape index (κ1) is 13.9. The Morgan fingerprint density at radius 1 is 1.39 bits per heavy atom. The van der Waals surface area contributed by atoms with Gasteiger partial charge in [0.15, 0.2) is 0 Å². The molecule has 0 aliphatic carbocycles. The van der Waals surface area contributed by atoms with E-state index in [-0.39, 0.29) is 5.38 Å². The topological polar surface area (TPSA) is 9.23 Å². The summed E-state index contributed by atoms with van der Waals surface area (Å²) in [6.45, 7) is 2.08. The summed E-state index contributed by atoms with van der Waals surface area (Å²) in [6, 6.07) is 10.1. The minimum absolute atomic E-state index is 0.0173. The number of benzene rings is 1. The molecule has 1 atom stereocenters. The molecular formula is C14H14BrClOS. The van der Waals surface area contributed by atoms with Crippen LogP contribution >= 0.6 is 38.9 Å². The molecule has 1 unspecified atom stereocenters. The number of alkyl halides is 1. The van der Waals surface area contributed by atoms with Crippen molar-refractivity contribution in [2.45, 2.75) is 18.7 Å². The van der Waals surface area contributed by atoms with Crippen molar-refractivity contribution in [1.82, 2.24) is 0 Å². The number of para-hydroxylation sites is 1. The predicted molar refractivity (Wildman–Crippen MR) is 82.0 cm³/mol. The van der Waals surface area contributed by atoms with Gasteiger partial charge in [0.25, 0.3) is 0 Å². The maximum Gasteiger partial charge on any atom is 0.122 e. The van der Waals surface area contributed by atoms with Crippen LogP contribution in [0.1, 0.15) is 21.4 Å². The van der Waals surface area contributed by atoms with Crippen LogP contribution in [0.2, 0.25) is 0 Å². The average Bonchev–Trinajstić information content (AvgIpc) is 2.70. The van der Waals surface area contributed by atoms with E-state index in [1.165, 1.54) is 10.4 Å². The molecule has 0 spiro atoms. The van der Waals surface area contributed by atoms with E-state index in [0.29, 0.717) is 0 Å². The number of rotatable bonds is 4. The van der Waals surface area contributed by atoms with Crippen LogP contribution in [0.4, 0.5) is 0 Å². The minimum Gasteiger partial charge on any atom is -0.496 e. The van der Waals surface area contributed by atoms with Crippen LogP contribution in [-0.2, 0) is 6.42 Å². The zero-order valence-electron chi connectivity index (χ0n) is 10.2.